The lowest BCUT2D eigenvalue weighted by molar-refractivity contribution is 0.196. The number of fused-ring (bicyclic) bond motifs is 1. The minimum Gasteiger partial charge on any atom is -0.493 e. The fourth-order valence-electron chi connectivity index (χ4n) is 3.05. The van der Waals surface area contributed by atoms with E-state index in [1.165, 1.54) is 15.9 Å². The van der Waals surface area contributed by atoms with Crippen LogP contribution in [0, 0.1) is 6.92 Å². The van der Waals surface area contributed by atoms with Crippen molar-refractivity contribution >= 4 is 16.3 Å². The van der Waals surface area contributed by atoms with Gasteiger partial charge in [-0.15, -0.1) is 5.10 Å². The average molecular weight is 392 g/mol. The topological polar surface area (TPSA) is 92.4 Å². The van der Waals surface area contributed by atoms with Gasteiger partial charge in [0.15, 0.2) is 11.5 Å². The first-order valence-electron chi connectivity index (χ1n) is 8.67. The number of ether oxygens (including phenoxy) is 2. The Kier molecular flexibility index (Phi) is 5.83. The third-order valence-corrected chi connectivity index (χ3v) is 5.32. The first kappa shape index (κ1) is 19.4. The maximum atomic E-state index is 10.8. The zero-order valence-electron chi connectivity index (χ0n) is 15.8. The first-order chi connectivity index (χ1) is 13.0. The van der Waals surface area contributed by atoms with E-state index in [1.54, 1.807) is 14.0 Å². The van der Waals surface area contributed by atoms with E-state index in [2.05, 4.69) is 10.1 Å². The number of rotatable bonds is 8. The smallest absolute Gasteiger partial charge is 0.230 e. The zero-order chi connectivity index (χ0) is 19.6. The lowest BCUT2D eigenvalue weighted by Gasteiger charge is -2.27. The second kappa shape index (κ2) is 8.12. The van der Waals surface area contributed by atoms with Crippen LogP contribution < -0.4 is 9.47 Å². The van der Waals surface area contributed by atoms with Crippen molar-refractivity contribution in [2.45, 2.75) is 19.9 Å². The van der Waals surface area contributed by atoms with E-state index in [4.69, 9.17) is 9.47 Å². The van der Waals surface area contributed by atoms with Crippen LogP contribution in [0.2, 0.25) is 0 Å². The number of benzene rings is 1. The maximum absolute atomic E-state index is 10.8. The van der Waals surface area contributed by atoms with Crippen LogP contribution in [0.1, 0.15) is 29.2 Å². The van der Waals surface area contributed by atoms with E-state index < -0.39 is 0 Å². The summed E-state index contributed by atoms with van der Waals surface area (Å²) in [6, 6.07) is 5.39. The molecule has 0 bridgehead atoms. The molecule has 0 fully saturated rings. The zero-order valence-corrected chi connectivity index (χ0v) is 16.7. The van der Waals surface area contributed by atoms with Crippen LogP contribution in [0.5, 0.6) is 17.4 Å². The van der Waals surface area contributed by atoms with Gasteiger partial charge in [0.25, 0.3) is 0 Å². The molecule has 0 aliphatic rings. The molecule has 9 heteroatoms. The Morgan fingerprint density at radius 3 is 2.74 bits per heavy atom. The number of thiazole rings is 1. The van der Waals surface area contributed by atoms with Crippen molar-refractivity contribution in [2.75, 3.05) is 33.9 Å². The van der Waals surface area contributed by atoms with Gasteiger partial charge < -0.3 is 19.7 Å². The highest BCUT2D eigenvalue weighted by Gasteiger charge is 2.28. The van der Waals surface area contributed by atoms with Gasteiger partial charge in [-0.25, -0.2) is 4.98 Å². The van der Waals surface area contributed by atoms with Gasteiger partial charge in [0.2, 0.25) is 10.8 Å². The molecular formula is C18H24N4O4S. The highest BCUT2D eigenvalue weighted by Crippen LogP contribution is 2.41. The minimum absolute atomic E-state index is 0.00209. The summed E-state index contributed by atoms with van der Waals surface area (Å²) in [7, 11) is 3.49. The molecule has 0 saturated carbocycles. The van der Waals surface area contributed by atoms with E-state index in [0.29, 0.717) is 40.3 Å². The number of hydrogen-bond donors (Lipinski definition) is 2. The van der Waals surface area contributed by atoms with Crippen LogP contribution >= 0.6 is 11.3 Å². The summed E-state index contributed by atoms with van der Waals surface area (Å²) in [5.41, 5.74) is 0.909. The lowest BCUT2D eigenvalue weighted by Crippen LogP contribution is -2.28. The summed E-state index contributed by atoms with van der Waals surface area (Å²) >= 11 is 1.38. The second-order valence-electron chi connectivity index (χ2n) is 6.09. The molecule has 3 aromatic rings. The van der Waals surface area contributed by atoms with E-state index in [9.17, 15) is 10.2 Å². The van der Waals surface area contributed by atoms with Crippen molar-refractivity contribution in [3.8, 4) is 17.4 Å². The van der Waals surface area contributed by atoms with Crippen molar-refractivity contribution in [1.82, 2.24) is 19.5 Å². The highest BCUT2D eigenvalue weighted by atomic mass is 32.1. The average Bonchev–Trinajstić information content (AvgIpc) is 3.14. The third-order valence-electron chi connectivity index (χ3n) is 4.25. The molecule has 146 valence electrons. The summed E-state index contributed by atoms with van der Waals surface area (Å²) in [4.78, 5) is 7.64. The Morgan fingerprint density at radius 1 is 1.33 bits per heavy atom. The summed E-state index contributed by atoms with van der Waals surface area (Å²) in [6.45, 7) is 4.65. The van der Waals surface area contributed by atoms with E-state index in [-0.39, 0.29) is 18.5 Å². The van der Waals surface area contributed by atoms with Gasteiger partial charge in [-0.1, -0.05) is 17.4 Å². The Labute approximate surface area is 161 Å². The molecular weight excluding hydrogens is 368 g/mol. The van der Waals surface area contributed by atoms with Crippen molar-refractivity contribution in [3.63, 3.8) is 0 Å². The maximum Gasteiger partial charge on any atom is 0.230 e. The normalized spacial score (nSPS) is 12.7. The van der Waals surface area contributed by atoms with E-state index in [0.717, 1.165) is 5.56 Å². The molecule has 27 heavy (non-hydrogen) atoms. The monoisotopic (exact) mass is 392 g/mol. The Balaban J connectivity index is 2.12. The van der Waals surface area contributed by atoms with Crippen LogP contribution in [-0.4, -0.2) is 63.6 Å². The molecule has 0 aliphatic heterocycles. The molecule has 0 aliphatic carbocycles. The lowest BCUT2D eigenvalue weighted by atomic mass is 10.0. The molecule has 1 unspecified atom stereocenters. The predicted molar refractivity (Wildman–Crippen MR) is 103 cm³/mol. The highest BCUT2D eigenvalue weighted by molar-refractivity contribution is 7.17. The van der Waals surface area contributed by atoms with Crippen molar-refractivity contribution in [1.29, 1.82) is 0 Å². The van der Waals surface area contributed by atoms with Crippen molar-refractivity contribution in [3.05, 3.63) is 34.5 Å². The Bertz CT molecular complexity index is 924. The van der Waals surface area contributed by atoms with E-state index in [1.807, 2.05) is 37.1 Å². The molecule has 3 rings (SSSR count). The molecule has 2 aromatic heterocycles. The number of nitrogens with zero attached hydrogens (tertiary/aromatic N) is 4. The summed E-state index contributed by atoms with van der Waals surface area (Å²) in [5.74, 6) is 1.94. The van der Waals surface area contributed by atoms with E-state index >= 15 is 0 Å². The van der Waals surface area contributed by atoms with Crippen molar-refractivity contribution in [2.24, 2.45) is 0 Å². The van der Waals surface area contributed by atoms with Gasteiger partial charge in [-0.2, -0.15) is 4.52 Å². The number of likely N-dealkylation sites (N-methyl/N-ethyl adjacent to an activating group) is 1. The number of aliphatic hydroxyl groups excluding tert-OH is 1. The van der Waals surface area contributed by atoms with Gasteiger partial charge in [0, 0.05) is 6.54 Å². The largest absolute Gasteiger partial charge is 0.493 e. The molecule has 0 radical (unpaired) electrons. The van der Waals surface area contributed by atoms with Gasteiger partial charge >= 0.3 is 0 Å². The number of aromatic hydroxyl groups is 1. The second-order valence-corrected chi connectivity index (χ2v) is 7.10. The summed E-state index contributed by atoms with van der Waals surface area (Å²) < 4.78 is 12.5. The molecule has 1 atom stereocenters. The fraction of sp³-hybridized carbons (Fsp3) is 0.444. The Hall–Kier alpha value is -2.36. The first-order valence-corrected chi connectivity index (χ1v) is 9.48. The molecule has 0 spiro atoms. The van der Waals surface area contributed by atoms with Gasteiger partial charge in [-0.05, 0) is 38.6 Å². The summed E-state index contributed by atoms with van der Waals surface area (Å²) in [6.07, 6.45) is 0. The van der Waals surface area contributed by atoms with Crippen LogP contribution in [0.25, 0.3) is 4.96 Å². The number of aromatic nitrogens is 3. The van der Waals surface area contributed by atoms with Gasteiger partial charge in [0.1, 0.15) is 5.82 Å². The standard InChI is InChI=1S/C18H24N4O4S/c1-5-26-14-10-12(6-7-13(14)25-4)15(21(3)8-9-23)16-17(24)22-18(27-16)19-11(2)20-22/h6-7,10,15,23-24H,5,8-9H2,1-4H3. The van der Waals surface area contributed by atoms with Gasteiger partial charge in [0.05, 0.1) is 31.2 Å². The number of methoxy groups -OCH3 is 1. The molecule has 8 nitrogen and oxygen atoms in total. The van der Waals surface area contributed by atoms with Crippen molar-refractivity contribution < 1.29 is 19.7 Å². The quantitative estimate of drug-likeness (QED) is 0.607. The fourth-order valence-corrected chi connectivity index (χ4v) is 4.24. The SMILES string of the molecule is CCOc1cc(C(c2sc3nc(C)nn3c2O)N(C)CCO)ccc1OC. The van der Waals surface area contributed by atoms with Crippen LogP contribution in [0.4, 0.5) is 0 Å². The molecule has 2 N–H and O–H groups in total. The van der Waals surface area contributed by atoms with Crippen LogP contribution in [0.15, 0.2) is 18.2 Å². The number of hydrogen-bond acceptors (Lipinski definition) is 8. The number of aliphatic hydroxyl groups is 1. The molecule has 0 saturated heterocycles. The molecule has 2 heterocycles. The summed E-state index contributed by atoms with van der Waals surface area (Å²) in [5, 5.41) is 24.4. The predicted octanol–water partition coefficient (Wildman–Crippen LogP) is 2.23. The van der Waals surface area contributed by atoms with Gasteiger partial charge in [-0.3, -0.25) is 4.90 Å². The molecule has 1 aromatic carbocycles. The third kappa shape index (κ3) is 3.71. The minimum atomic E-state index is -0.295. The van der Waals surface area contributed by atoms with Crippen LogP contribution in [-0.2, 0) is 0 Å². The molecule has 0 amide bonds. The van der Waals surface area contributed by atoms with Crippen LogP contribution in [0.3, 0.4) is 0 Å². The Morgan fingerprint density at radius 2 is 2.11 bits per heavy atom. The number of aryl methyl sites for hydroxylation is 1.